The number of ether oxygens (including phenoxy) is 2. The molecule has 0 aliphatic carbocycles. The van der Waals surface area contributed by atoms with Gasteiger partial charge in [0, 0.05) is 219 Å². The molecule has 8 aromatic rings. The summed E-state index contributed by atoms with van der Waals surface area (Å²) in [6.45, 7) is 34.3. The monoisotopic (exact) mass is 2000 g/mol. The van der Waals surface area contributed by atoms with Crippen LogP contribution in [-0.2, 0) is 74.0 Å². The highest BCUT2D eigenvalue weighted by Crippen LogP contribution is 2.35. The molecule has 0 bridgehead atoms. The third-order valence-electron chi connectivity index (χ3n) is 21.4. The SMILES string of the molecule is C=CC(=O)N1CC(CC(=O)Cn2c(C)c(C(=O)N3CCOC(C)(C)C3)c3cc(Br)ccc32)C1.C=CC(=O)N1CC(CC(=O)Cn2cc(C(=O)N3CCN(C(=O)OC(C)(C)C)CC3)c3cc(Br)ccc32)C1.C=CC(=O)N1CC(CC(=O)Cn2cc(I)c3cc(I)ccc32)C1.C=CC(=O)N1CC(CC(=O)Cn2ccc3c(F)c(Br)ccc32)C1. The molecule has 0 saturated carbocycles. The van der Waals surface area contributed by atoms with Crippen molar-refractivity contribution in [1.82, 2.24) is 52.6 Å². The summed E-state index contributed by atoms with van der Waals surface area (Å²) in [4.78, 5) is 148. The third kappa shape index (κ3) is 21.5. The largest absolute Gasteiger partial charge is 0.444 e. The first kappa shape index (κ1) is 88.4. The molecule has 614 valence electrons. The highest BCUT2D eigenvalue weighted by molar-refractivity contribution is 14.1. The van der Waals surface area contributed by atoms with Gasteiger partial charge in [0.15, 0.2) is 23.1 Å². The highest BCUT2D eigenvalue weighted by atomic mass is 127. The number of Topliss-reactive ketones (excluding diaryl/α,β-unsaturated/α-hetero) is 4. The number of ketones is 4. The topological polar surface area (TPSA) is 249 Å². The van der Waals surface area contributed by atoms with Crippen LogP contribution in [0.15, 0.2) is 155 Å². The summed E-state index contributed by atoms with van der Waals surface area (Å²) in [6.07, 6.45) is 12.1. The predicted molar refractivity (Wildman–Crippen MR) is 470 cm³/mol. The second-order valence-corrected chi connectivity index (χ2v) is 37.0. The maximum atomic E-state index is 14.0. The Labute approximate surface area is 726 Å². The fourth-order valence-electron chi connectivity index (χ4n) is 15.5. The van der Waals surface area contributed by atoms with Gasteiger partial charge in [-0.3, -0.25) is 47.9 Å². The Morgan fingerprint density at radius 3 is 1.43 bits per heavy atom. The maximum absolute atomic E-state index is 14.0. The van der Waals surface area contributed by atoms with Gasteiger partial charge in [-0.25, -0.2) is 9.18 Å². The summed E-state index contributed by atoms with van der Waals surface area (Å²) in [6, 6.07) is 22.9. The van der Waals surface area contributed by atoms with Gasteiger partial charge >= 0.3 is 6.09 Å². The van der Waals surface area contributed by atoms with E-state index in [2.05, 4.69) is 137 Å². The smallest absolute Gasteiger partial charge is 0.410 e. The average molecular weight is 2000 g/mol. The predicted octanol–water partition coefficient (Wildman–Crippen LogP) is 13.9. The molecular formula is C86H95Br3FI2N11O13. The Morgan fingerprint density at radius 2 is 0.940 bits per heavy atom. The summed E-state index contributed by atoms with van der Waals surface area (Å²) in [5.41, 5.74) is 4.49. The van der Waals surface area contributed by atoms with Crippen LogP contribution < -0.4 is 0 Å². The molecule has 0 unspecified atom stereocenters. The van der Waals surface area contributed by atoms with Crippen LogP contribution in [0.1, 0.15) is 86.7 Å². The molecule has 6 fully saturated rings. The Hall–Kier alpha value is -8.44. The summed E-state index contributed by atoms with van der Waals surface area (Å²) in [5, 5.41) is 3.30. The molecule has 6 saturated heterocycles. The minimum Gasteiger partial charge on any atom is -0.444 e. The fraction of sp³-hybridized carbons (Fsp3) is 0.407. The highest BCUT2D eigenvalue weighted by Gasteiger charge is 2.38. The second kappa shape index (κ2) is 38.1. The fourth-order valence-corrected chi connectivity index (χ4v) is 17.8. The summed E-state index contributed by atoms with van der Waals surface area (Å²) in [7, 11) is 0. The van der Waals surface area contributed by atoms with Crippen LogP contribution in [0.4, 0.5) is 9.18 Å². The molecular weight excluding hydrogens is 1910 g/mol. The molecule has 0 atom stereocenters. The summed E-state index contributed by atoms with van der Waals surface area (Å²) in [5.74, 6) is 0.455. The van der Waals surface area contributed by atoms with Crippen molar-refractivity contribution >= 4 is 201 Å². The van der Waals surface area contributed by atoms with Gasteiger partial charge in [-0.15, -0.1) is 0 Å². The van der Waals surface area contributed by atoms with Gasteiger partial charge in [0.2, 0.25) is 23.6 Å². The number of piperazine rings is 1. The lowest BCUT2D eigenvalue weighted by atomic mass is 9.94. The van der Waals surface area contributed by atoms with Crippen molar-refractivity contribution in [3.05, 3.63) is 185 Å². The molecule has 4 aromatic heterocycles. The maximum Gasteiger partial charge on any atom is 0.410 e. The first-order valence-electron chi connectivity index (χ1n) is 38.4. The van der Waals surface area contributed by atoms with Gasteiger partial charge in [0.1, 0.15) is 11.4 Å². The molecule has 24 nitrogen and oxygen atoms in total. The van der Waals surface area contributed by atoms with Crippen LogP contribution in [0.25, 0.3) is 43.6 Å². The van der Waals surface area contributed by atoms with E-state index in [-0.39, 0.29) is 119 Å². The van der Waals surface area contributed by atoms with E-state index in [1.807, 2.05) is 103 Å². The van der Waals surface area contributed by atoms with Crippen molar-refractivity contribution in [2.45, 2.75) is 105 Å². The Balaban J connectivity index is 0.000000155. The number of halogens is 6. The lowest BCUT2D eigenvalue weighted by Crippen LogP contribution is -2.51. The zero-order chi connectivity index (χ0) is 83.9. The van der Waals surface area contributed by atoms with Gasteiger partial charge in [0.05, 0.1) is 59.5 Å². The number of carbonyl (C=O) groups is 11. The summed E-state index contributed by atoms with van der Waals surface area (Å²) >= 11 is 14.8. The number of morpholine rings is 1. The Morgan fingerprint density at radius 1 is 0.509 bits per heavy atom. The van der Waals surface area contributed by atoms with Crippen LogP contribution in [0.2, 0.25) is 0 Å². The lowest BCUT2D eigenvalue weighted by Gasteiger charge is -2.38. The van der Waals surface area contributed by atoms with Gasteiger partial charge in [-0.2, -0.15) is 0 Å². The van der Waals surface area contributed by atoms with E-state index < -0.39 is 5.60 Å². The number of nitrogens with zero attached hydrogens (tertiary/aromatic N) is 11. The first-order chi connectivity index (χ1) is 55.0. The van der Waals surface area contributed by atoms with Crippen LogP contribution in [0.3, 0.4) is 0 Å². The Bertz CT molecular complexity index is 5210. The van der Waals surface area contributed by atoms with E-state index in [1.54, 1.807) is 64.6 Å². The quantitative estimate of drug-likeness (QED) is 0.0453. The molecule has 30 heteroatoms. The van der Waals surface area contributed by atoms with Gasteiger partial charge in [-0.1, -0.05) is 58.2 Å². The van der Waals surface area contributed by atoms with E-state index in [0.29, 0.717) is 157 Å². The van der Waals surface area contributed by atoms with Crippen molar-refractivity contribution in [3.8, 4) is 0 Å². The van der Waals surface area contributed by atoms with E-state index in [9.17, 15) is 57.1 Å². The van der Waals surface area contributed by atoms with Crippen molar-refractivity contribution in [2.24, 2.45) is 23.7 Å². The van der Waals surface area contributed by atoms with Gasteiger partial charge in [0.25, 0.3) is 11.8 Å². The second-order valence-electron chi connectivity index (χ2n) is 31.9. The van der Waals surface area contributed by atoms with Crippen LogP contribution in [-0.4, -0.2) is 227 Å². The van der Waals surface area contributed by atoms with Crippen LogP contribution in [0, 0.1) is 43.6 Å². The zero-order valence-corrected chi connectivity index (χ0v) is 74.9. The molecule has 0 spiro atoms. The number of fused-ring (bicyclic) bond motifs is 4. The molecule has 116 heavy (non-hydrogen) atoms. The van der Waals surface area contributed by atoms with Gasteiger partial charge < -0.3 is 62.0 Å². The van der Waals surface area contributed by atoms with Crippen LogP contribution in [0.5, 0.6) is 0 Å². The number of likely N-dealkylation sites (tertiary alicyclic amines) is 4. The van der Waals surface area contributed by atoms with E-state index in [1.165, 1.54) is 33.3 Å². The van der Waals surface area contributed by atoms with Crippen molar-refractivity contribution in [1.29, 1.82) is 0 Å². The number of amides is 7. The zero-order valence-electron chi connectivity index (χ0n) is 65.9. The first-order valence-corrected chi connectivity index (χ1v) is 42.9. The average Bonchev–Trinajstić information content (AvgIpc) is 1.62. The molecule has 0 radical (unpaired) electrons. The molecule has 6 aliphatic heterocycles. The molecule has 7 amide bonds. The number of hydrogen-bond acceptors (Lipinski definition) is 13. The number of rotatable bonds is 22. The standard InChI is InChI=1S/C27H33BrN4O5.C25H30BrN3O4.C17H16BrFN2O2.C17H16I2N2O2/c1-5-24(34)32-14-18(15-32)12-20(33)16-31-17-22(21-13-19(28)6-7-23(21)31)25(35)29-8-10-30(11-9-29)26(36)37-27(2,3)4;1-5-22(31)28-12-17(13-28)10-19(30)14-29-16(2)23(20-11-18(26)6-7-21(20)29)24(32)27-8-9-33-25(3,4)15-27;1-2-16(23)21-8-11(9-21)7-12(22)10-20-6-5-13-15(20)4-3-14(18)17(13)19;1-2-17(23)21-7-11(8-21)5-13(22)9-20-10-15(19)14-6-12(18)3-4-16(14)20/h5-7,13,17-18H,1,8-12,14-16H2,2-4H3;5-7,11,17H,1,8-10,12-15H2,2-4H3;2-6,11H,1,7-10H2;2-4,6,10-11H,1,5,7-9H2. The Kier molecular flexibility index (Phi) is 29.0. The molecule has 4 aromatic carbocycles. The van der Waals surface area contributed by atoms with E-state index in [4.69, 9.17) is 9.47 Å². The number of benzene rings is 4. The molecule has 0 N–H and O–H groups in total. The van der Waals surface area contributed by atoms with E-state index in [0.717, 1.165) is 45.5 Å². The van der Waals surface area contributed by atoms with Crippen molar-refractivity contribution < 1.29 is 66.6 Å². The van der Waals surface area contributed by atoms with E-state index >= 15 is 0 Å². The minimum atomic E-state index is -0.572. The van der Waals surface area contributed by atoms with Gasteiger partial charge in [-0.05, 0) is 200 Å². The summed E-state index contributed by atoms with van der Waals surface area (Å²) < 4.78 is 37.3. The normalized spacial score (nSPS) is 16.3. The van der Waals surface area contributed by atoms with Crippen molar-refractivity contribution in [3.63, 3.8) is 0 Å². The number of hydrogen-bond donors (Lipinski definition) is 0. The number of carbonyl (C=O) groups excluding carboxylic acids is 11. The molecule has 14 rings (SSSR count). The lowest BCUT2D eigenvalue weighted by molar-refractivity contribution is -0.134. The van der Waals surface area contributed by atoms with Crippen LogP contribution >= 0.6 is 93.0 Å². The third-order valence-corrected chi connectivity index (χ3v) is 24.5. The molecule has 6 aliphatic rings. The van der Waals surface area contributed by atoms with Crippen molar-refractivity contribution in [2.75, 3.05) is 98.2 Å². The number of aromatic nitrogens is 4. The molecule has 10 heterocycles. The minimum absolute atomic E-state index is 0.0317.